The molecule has 1 aromatic heterocycles. The molecule has 3 rings (SSSR count). The third-order valence-electron chi connectivity index (χ3n) is 5.75. The molecular formula is C23H25BrCl2N2O3Si. The molecule has 2 aromatic carbocycles. The van der Waals surface area contributed by atoms with Gasteiger partial charge in [-0.25, -0.2) is 9.78 Å². The molecule has 0 saturated heterocycles. The van der Waals surface area contributed by atoms with Crippen molar-refractivity contribution in [2.24, 2.45) is 0 Å². The first-order valence-corrected chi connectivity index (χ1v) is 14.8. The van der Waals surface area contributed by atoms with Gasteiger partial charge in [0.1, 0.15) is 11.6 Å². The van der Waals surface area contributed by atoms with E-state index in [0.29, 0.717) is 32.5 Å². The Kier molecular flexibility index (Phi) is 7.15. The van der Waals surface area contributed by atoms with Gasteiger partial charge in [-0.1, -0.05) is 59.9 Å². The van der Waals surface area contributed by atoms with Gasteiger partial charge >= 0.3 is 5.97 Å². The maximum absolute atomic E-state index is 11.9. The summed E-state index contributed by atoms with van der Waals surface area (Å²) >= 11 is 15.9. The second-order valence-corrected chi connectivity index (χ2v) is 15.1. The lowest BCUT2D eigenvalue weighted by Crippen LogP contribution is -2.43. The van der Waals surface area contributed by atoms with E-state index in [1.165, 1.54) is 0 Å². The zero-order valence-electron chi connectivity index (χ0n) is 18.5. The highest BCUT2D eigenvalue weighted by Crippen LogP contribution is 2.38. The van der Waals surface area contributed by atoms with Crippen LogP contribution >= 0.6 is 39.1 Å². The van der Waals surface area contributed by atoms with Crippen LogP contribution in [-0.4, -0.2) is 28.9 Å². The van der Waals surface area contributed by atoms with E-state index in [0.717, 1.165) is 11.4 Å². The number of carbonyl (C=O) groups is 1. The second kappa shape index (κ2) is 9.21. The van der Waals surface area contributed by atoms with Crippen LogP contribution in [0.15, 0.2) is 42.5 Å². The van der Waals surface area contributed by atoms with Gasteiger partial charge in [0, 0.05) is 21.6 Å². The van der Waals surface area contributed by atoms with Gasteiger partial charge in [-0.2, -0.15) is 0 Å². The summed E-state index contributed by atoms with van der Waals surface area (Å²) in [5, 5.41) is 11.0. The van der Waals surface area contributed by atoms with Crippen molar-refractivity contribution in [3.63, 3.8) is 0 Å². The molecule has 0 spiro atoms. The molecule has 0 amide bonds. The largest absolute Gasteiger partial charge is 0.544 e. The SMILES string of the molecule is CC(C)(C)[Si](C)(C)Oc1ccc(-n2c(-c3ccc(Cl)cc3Cl)nc(C(=O)O)c2CBr)cc1. The van der Waals surface area contributed by atoms with Crippen molar-refractivity contribution in [3.8, 4) is 22.8 Å². The molecule has 9 heteroatoms. The van der Waals surface area contributed by atoms with Crippen molar-refractivity contribution in [1.82, 2.24) is 9.55 Å². The Morgan fingerprint density at radius 1 is 1.16 bits per heavy atom. The molecular weight excluding hydrogens is 531 g/mol. The number of imidazole rings is 1. The van der Waals surface area contributed by atoms with Crippen LogP contribution in [0.25, 0.3) is 17.1 Å². The topological polar surface area (TPSA) is 64.4 Å². The average molecular weight is 556 g/mol. The Balaban J connectivity index is 2.13. The average Bonchev–Trinajstić information content (AvgIpc) is 3.07. The zero-order valence-corrected chi connectivity index (χ0v) is 22.6. The standard InChI is InChI=1S/C23H25BrCl2N2O3Si/c1-23(2,3)32(4,5)31-16-9-7-15(8-10-16)28-19(13-24)20(22(29)30)27-21(28)17-11-6-14(25)12-18(17)26/h6-12H,13H2,1-5H3,(H,29,30). The van der Waals surface area contributed by atoms with Crippen LogP contribution in [0.5, 0.6) is 5.75 Å². The van der Waals surface area contributed by atoms with E-state index >= 15 is 0 Å². The number of hydrogen-bond acceptors (Lipinski definition) is 3. The van der Waals surface area contributed by atoms with E-state index in [2.05, 4.69) is 54.8 Å². The highest BCUT2D eigenvalue weighted by molar-refractivity contribution is 9.08. The second-order valence-electron chi connectivity index (χ2n) is 8.99. The number of benzene rings is 2. The summed E-state index contributed by atoms with van der Waals surface area (Å²) in [5.74, 6) is 0.101. The molecule has 0 aliphatic heterocycles. The van der Waals surface area contributed by atoms with Gasteiger partial charge in [0.2, 0.25) is 8.32 Å². The Hall–Kier alpha value is -1.80. The molecule has 0 aliphatic carbocycles. The van der Waals surface area contributed by atoms with E-state index in [9.17, 15) is 9.90 Å². The number of rotatable bonds is 6. The summed E-state index contributed by atoms with van der Waals surface area (Å²) in [6.45, 7) is 11.0. The van der Waals surface area contributed by atoms with Gasteiger partial charge < -0.3 is 9.53 Å². The lowest BCUT2D eigenvalue weighted by atomic mass is 10.2. The molecule has 0 unspecified atom stereocenters. The Morgan fingerprint density at radius 2 is 1.78 bits per heavy atom. The van der Waals surface area contributed by atoms with Gasteiger partial charge in [-0.15, -0.1) is 0 Å². The number of nitrogens with zero attached hydrogens (tertiary/aromatic N) is 2. The normalized spacial score (nSPS) is 12.1. The van der Waals surface area contributed by atoms with Crippen LogP contribution in [0.1, 0.15) is 37.0 Å². The molecule has 170 valence electrons. The predicted molar refractivity (Wildman–Crippen MR) is 136 cm³/mol. The van der Waals surface area contributed by atoms with E-state index in [-0.39, 0.29) is 10.7 Å². The van der Waals surface area contributed by atoms with Crippen molar-refractivity contribution in [2.75, 3.05) is 0 Å². The van der Waals surface area contributed by atoms with Crippen LogP contribution in [0.4, 0.5) is 0 Å². The number of aromatic nitrogens is 2. The number of carboxylic acids is 1. The minimum Gasteiger partial charge on any atom is -0.544 e. The molecule has 0 bridgehead atoms. The molecule has 5 nitrogen and oxygen atoms in total. The molecule has 1 N–H and O–H groups in total. The molecule has 0 saturated carbocycles. The third kappa shape index (κ3) is 4.91. The minimum atomic E-state index is -1.98. The highest BCUT2D eigenvalue weighted by Gasteiger charge is 2.39. The lowest BCUT2D eigenvalue weighted by molar-refractivity contribution is 0.0690. The smallest absolute Gasteiger partial charge is 0.356 e. The van der Waals surface area contributed by atoms with Gasteiger partial charge in [-0.05, 0) is 60.6 Å². The van der Waals surface area contributed by atoms with Crippen molar-refractivity contribution in [2.45, 2.75) is 44.2 Å². The van der Waals surface area contributed by atoms with E-state index < -0.39 is 14.3 Å². The summed E-state index contributed by atoms with van der Waals surface area (Å²) in [6.07, 6.45) is 0. The molecule has 0 aliphatic rings. The van der Waals surface area contributed by atoms with E-state index in [1.54, 1.807) is 22.8 Å². The third-order valence-corrected chi connectivity index (χ3v) is 11.2. The molecule has 1 heterocycles. The molecule has 0 atom stereocenters. The van der Waals surface area contributed by atoms with Crippen LogP contribution in [0.2, 0.25) is 28.2 Å². The van der Waals surface area contributed by atoms with Crippen molar-refractivity contribution < 1.29 is 14.3 Å². The summed E-state index contributed by atoms with van der Waals surface area (Å²) in [7, 11) is -1.98. The fourth-order valence-corrected chi connectivity index (χ4v) is 5.03. The van der Waals surface area contributed by atoms with Gasteiger partial charge in [0.05, 0.1) is 10.7 Å². The first-order chi connectivity index (χ1) is 14.9. The Labute approximate surface area is 207 Å². The number of carboxylic acid groups (broad SMARTS) is 1. The van der Waals surface area contributed by atoms with Crippen LogP contribution in [0, 0.1) is 0 Å². The maximum atomic E-state index is 11.9. The minimum absolute atomic E-state index is 0.0375. The monoisotopic (exact) mass is 554 g/mol. The summed E-state index contributed by atoms with van der Waals surface area (Å²) in [6, 6.07) is 12.7. The van der Waals surface area contributed by atoms with E-state index in [1.807, 2.05) is 24.3 Å². The highest BCUT2D eigenvalue weighted by atomic mass is 79.9. The zero-order chi connectivity index (χ0) is 23.8. The van der Waals surface area contributed by atoms with Crippen molar-refractivity contribution in [3.05, 3.63) is 63.9 Å². The first kappa shape index (κ1) is 24.8. The van der Waals surface area contributed by atoms with Gasteiger partial charge in [-0.3, -0.25) is 4.57 Å². The van der Waals surface area contributed by atoms with Gasteiger partial charge in [0.15, 0.2) is 5.69 Å². The predicted octanol–water partition coefficient (Wildman–Crippen LogP) is 7.82. The number of hydrogen-bond donors (Lipinski definition) is 1. The molecule has 0 radical (unpaired) electrons. The number of halogens is 3. The van der Waals surface area contributed by atoms with E-state index in [4.69, 9.17) is 27.6 Å². The van der Waals surface area contributed by atoms with Crippen LogP contribution in [0.3, 0.4) is 0 Å². The lowest BCUT2D eigenvalue weighted by Gasteiger charge is -2.36. The van der Waals surface area contributed by atoms with Crippen molar-refractivity contribution >= 4 is 53.4 Å². The van der Waals surface area contributed by atoms with Gasteiger partial charge in [0.25, 0.3) is 0 Å². The molecule has 0 fully saturated rings. The summed E-state index contributed by atoms with van der Waals surface area (Å²) in [4.78, 5) is 16.3. The molecule has 32 heavy (non-hydrogen) atoms. The fraction of sp³-hybridized carbons (Fsp3) is 0.304. The summed E-state index contributed by atoms with van der Waals surface area (Å²) in [5.41, 5.74) is 1.82. The van der Waals surface area contributed by atoms with Crippen LogP contribution in [-0.2, 0) is 5.33 Å². The Bertz CT molecular complexity index is 1160. The molecule has 3 aromatic rings. The first-order valence-electron chi connectivity index (χ1n) is 10.0. The Morgan fingerprint density at radius 3 is 2.28 bits per heavy atom. The van der Waals surface area contributed by atoms with Crippen molar-refractivity contribution in [1.29, 1.82) is 0 Å². The van der Waals surface area contributed by atoms with Crippen LogP contribution < -0.4 is 4.43 Å². The summed E-state index contributed by atoms with van der Waals surface area (Å²) < 4.78 is 8.17. The number of aromatic carboxylic acids is 1. The quantitative estimate of drug-likeness (QED) is 0.248. The fourth-order valence-electron chi connectivity index (χ4n) is 2.99. The maximum Gasteiger partial charge on any atom is 0.356 e. The number of alkyl halides is 1.